The van der Waals surface area contributed by atoms with E-state index in [0.29, 0.717) is 24.8 Å². The van der Waals surface area contributed by atoms with Gasteiger partial charge in [-0.3, -0.25) is 9.89 Å². The molecule has 1 aromatic heterocycles. The second-order valence-electron chi connectivity index (χ2n) is 5.78. The molecule has 0 saturated carbocycles. The van der Waals surface area contributed by atoms with Gasteiger partial charge in [0.05, 0.1) is 0 Å². The largest absolute Gasteiger partial charge is 0.486 e. The van der Waals surface area contributed by atoms with Crippen molar-refractivity contribution in [3.8, 4) is 22.6 Å². The van der Waals surface area contributed by atoms with Gasteiger partial charge < -0.3 is 14.8 Å². The number of rotatable bonds is 5. The molecule has 1 atom stereocenters. The lowest BCUT2D eigenvalue weighted by Crippen LogP contribution is -2.22. The van der Waals surface area contributed by atoms with Crippen molar-refractivity contribution in [2.45, 2.75) is 13.8 Å². The average molecular weight is 347 g/mol. The number of carbonyl (C=O) groups is 1. The molecule has 7 heteroatoms. The third kappa shape index (κ3) is 3.36. The maximum absolute atomic E-state index is 12.3. The number of H-pyrrole nitrogens is 1. The first-order valence-corrected chi connectivity index (χ1v) is 9.24. The van der Waals surface area contributed by atoms with Crippen LogP contribution in [0, 0.1) is 12.8 Å². The molecule has 2 heterocycles. The van der Waals surface area contributed by atoms with E-state index in [1.807, 2.05) is 38.3 Å². The monoisotopic (exact) mass is 347 g/mol. The number of hydrogen-bond donors (Lipinski definition) is 2. The summed E-state index contributed by atoms with van der Waals surface area (Å²) < 4.78 is 11.2. The van der Waals surface area contributed by atoms with Gasteiger partial charge in [0.15, 0.2) is 17.3 Å². The number of anilines is 1. The molecule has 0 fully saturated rings. The van der Waals surface area contributed by atoms with Gasteiger partial charge in [0.2, 0.25) is 5.91 Å². The summed E-state index contributed by atoms with van der Waals surface area (Å²) in [7, 11) is 0. The summed E-state index contributed by atoms with van der Waals surface area (Å²) in [5.41, 5.74) is 2.69. The predicted octanol–water partition coefficient (Wildman–Crippen LogP) is 3.09. The van der Waals surface area contributed by atoms with Crippen LogP contribution >= 0.6 is 11.8 Å². The lowest BCUT2D eigenvalue weighted by Gasteiger charge is -2.19. The van der Waals surface area contributed by atoms with Crippen LogP contribution in [0.25, 0.3) is 11.1 Å². The van der Waals surface area contributed by atoms with Gasteiger partial charge >= 0.3 is 0 Å². The first-order valence-electron chi connectivity index (χ1n) is 7.85. The number of thioether (sulfide) groups is 1. The van der Waals surface area contributed by atoms with Gasteiger partial charge in [-0.15, -0.1) is 0 Å². The molecule has 128 valence electrons. The average Bonchev–Trinajstić information content (AvgIpc) is 2.95. The topological polar surface area (TPSA) is 76.2 Å². The minimum Gasteiger partial charge on any atom is -0.486 e. The van der Waals surface area contributed by atoms with E-state index in [1.165, 1.54) is 0 Å². The van der Waals surface area contributed by atoms with Crippen LogP contribution in [0.15, 0.2) is 18.2 Å². The van der Waals surface area contributed by atoms with Crippen LogP contribution in [0.5, 0.6) is 11.5 Å². The number of nitrogens with zero attached hydrogens (tertiary/aromatic N) is 1. The Kier molecular flexibility index (Phi) is 4.99. The van der Waals surface area contributed by atoms with Crippen LogP contribution in [0.2, 0.25) is 0 Å². The number of carbonyl (C=O) groups excluding carboxylic acids is 1. The van der Waals surface area contributed by atoms with Crippen molar-refractivity contribution in [2.24, 2.45) is 5.92 Å². The summed E-state index contributed by atoms with van der Waals surface area (Å²) in [5.74, 6) is 2.66. The summed E-state index contributed by atoms with van der Waals surface area (Å²) in [6.07, 6.45) is 1.99. The van der Waals surface area contributed by atoms with Gasteiger partial charge in [0.25, 0.3) is 0 Å². The second-order valence-corrected chi connectivity index (χ2v) is 6.69. The molecule has 1 amide bonds. The summed E-state index contributed by atoms with van der Waals surface area (Å²) in [4.78, 5) is 12.3. The van der Waals surface area contributed by atoms with Crippen LogP contribution in [-0.2, 0) is 4.79 Å². The second kappa shape index (κ2) is 7.17. The molecular formula is C17H21N3O3S. The molecule has 0 bridgehead atoms. The molecule has 3 rings (SSSR count). The van der Waals surface area contributed by atoms with E-state index in [4.69, 9.17) is 9.47 Å². The number of benzene rings is 1. The summed E-state index contributed by atoms with van der Waals surface area (Å²) in [5, 5.41) is 10.1. The van der Waals surface area contributed by atoms with Gasteiger partial charge in [-0.2, -0.15) is 16.9 Å². The van der Waals surface area contributed by atoms with Crippen LogP contribution in [0.3, 0.4) is 0 Å². The van der Waals surface area contributed by atoms with Crippen LogP contribution < -0.4 is 14.8 Å². The Morgan fingerprint density at radius 1 is 1.38 bits per heavy atom. The summed E-state index contributed by atoms with van der Waals surface area (Å²) >= 11 is 1.65. The maximum atomic E-state index is 12.3. The molecule has 1 aliphatic heterocycles. The smallest absolute Gasteiger partial charge is 0.229 e. The minimum atomic E-state index is -0.0786. The highest BCUT2D eigenvalue weighted by molar-refractivity contribution is 7.98. The quantitative estimate of drug-likeness (QED) is 0.869. The highest BCUT2D eigenvalue weighted by Gasteiger charge is 2.20. The number of aromatic nitrogens is 2. The van der Waals surface area contributed by atoms with Crippen molar-refractivity contribution in [3.05, 3.63) is 23.9 Å². The molecule has 6 nitrogen and oxygen atoms in total. The van der Waals surface area contributed by atoms with E-state index in [-0.39, 0.29) is 11.8 Å². The number of nitrogens with one attached hydrogen (secondary N) is 2. The van der Waals surface area contributed by atoms with Crippen molar-refractivity contribution < 1.29 is 14.3 Å². The standard InChI is InChI=1S/C17H21N3O3S/c1-10(9-24-3)17(21)18-16-15(11(2)19-20-16)12-4-5-13-14(8-12)23-7-6-22-13/h4-5,8,10H,6-7,9H2,1-3H3,(H2,18,19,20,21). The Hall–Kier alpha value is -2.15. The Morgan fingerprint density at radius 2 is 2.12 bits per heavy atom. The fourth-order valence-corrected chi connectivity index (χ4v) is 3.29. The van der Waals surface area contributed by atoms with Gasteiger partial charge in [-0.05, 0) is 30.9 Å². The van der Waals surface area contributed by atoms with E-state index in [0.717, 1.165) is 28.3 Å². The van der Waals surface area contributed by atoms with E-state index < -0.39 is 0 Å². The van der Waals surface area contributed by atoms with Crippen molar-refractivity contribution >= 4 is 23.5 Å². The molecule has 2 aromatic rings. The number of hydrogen-bond acceptors (Lipinski definition) is 5. The molecule has 2 N–H and O–H groups in total. The van der Waals surface area contributed by atoms with E-state index >= 15 is 0 Å². The maximum Gasteiger partial charge on any atom is 0.229 e. The molecule has 1 aromatic carbocycles. The molecule has 0 saturated heterocycles. The predicted molar refractivity (Wildman–Crippen MR) is 95.9 cm³/mol. The molecule has 24 heavy (non-hydrogen) atoms. The molecule has 0 spiro atoms. The van der Waals surface area contributed by atoms with E-state index in [9.17, 15) is 4.79 Å². The first-order chi connectivity index (χ1) is 11.6. The fraction of sp³-hybridized carbons (Fsp3) is 0.412. The van der Waals surface area contributed by atoms with Crippen molar-refractivity contribution in [3.63, 3.8) is 0 Å². The Labute approximate surface area is 145 Å². The molecule has 0 radical (unpaired) electrons. The number of aromatic amines is 1. The van der Waals surface area contributed by atoms with Crippen LogP contribution in [0.1, 0.15) is 12.6 Å². The molecule has 1 aliphatic rings. The van der Waals surface area contributed by atoms with Crippen molar-refractivity contribution in [1.82, 2.24) is 10.2 Å². The highest BCUT2D eigenvalue weighted by Crippen LogP contribution is 2.37. The van der Waals surface area contributed by atoms with E-state index in [1.54, 1.807) is 11.8 Å². The molecule has 1 unspecified atom stereocenters. The normalized spacial score (nSPS) is 14.3. The highest BCUT2D eigenvalue weighted by atomic mass is 32.2. The first kappa shape index (κ1) is 16.7. The fourth-order valence-electron chi connectivity index (χ4n) is 2.64. The van der Waals surface area contributed by atoms with Gasteiger partial charge in [-0.25, -0.2) is 0 Å². The van der Waals surface area contributed by atoms with Gasteiger partial charge in [0.1, 0.15) is 13.2 Å². The van der Waals surface area contributed by atoms with Crippen molar-refractivity contribution in [1.29, 1.82) is 0 Å². The Bertz CT molecular complexity index is 745. The third-order valence-electron chi connectivity index (χ3n) is 3.88. The lowest BCUT2D eigenvalue weighted by molar-refractivity contribution is -0.118. The number of ether oxygens (including phenoxy) is 2. The van der Waals surface area contributed by atoms with Gasteiger partial charge in [-0.1, -0.05) is 13.0 Å². The zero-order valence-electron chi connectivity index (χ0n) is 14.0. The number of aryl methyl sites for hydroxylation is 1. The van der Waals surface area contributed by atoms with Crippen molar-refractivity contribution in [2.75, 3.05) is 30.5 Å². The van der Waals surface area contributed by atoms with E-state index in [2.05, 4.69) is 15.5 Å². The third-order valence-corrected chi connectivity index (χ3v) is 4.72. The van der Waals surface area contributed by atoms with Crippen LogP contribution in [0.4, 0.5) is 5.82 Å². The molecule has 0 aliphatic carbocycles. The Morgan fingerprint density at radius 3 is 2.88 bits per heavy atom. The Balaban J connectivity index is 1.89. The minimum absolute atomic E-state index is 0.0327. The number of amides is 1. The molecular weight excluding hydrogens is 326 g/mol. The van der Waals surface area contributed by atoms with Gasteiger partial charge in [0, 0.05) is 22.9 Å². The number of fused-ring (bicyclic) bond motifs is 1. The zero-order chi connectivity index (χ0) is 17.1. The summed E-state index contributed by atoms with van der Waals surface area (Å²) in [6.45, 7) is 4.94. The van der Waals surface area contributed by atoms with Crippen LogP contribution in [-0.4, -0.2) is 41.3 Å². The summed E-state index contributed by atoms with van der Waals surface area (Å²) in [6, 6.07) is 5.76. The lowest BCUT2D eigenvalue weighted by atomic mass is 10.0. The zero-order valence-corrected chi connectivity index (χ0v) is 14.8. The SMILES string of the molecule is CSCC(C)C(=O)Nc1n[nH]c(C)c1-c1ccc2c(c1)OCCO2.